The standard InChI is InChI=1S/C23H28N2O5S2/c1-2-30-23(27)20-18-7-3-4-8-19(18)31-22(20)24-21(26)17-11-9-16(10-12-17)15-32(28,29)25-13-5-6-14-25/h9-12H,2-8,13-15H2,1H3,(H,24,26). The SMILES string of the molecule is CCOC(=O)c1c(NC(=O)c2ccc(CS(=O)(=O)N3CCCC3)cc2)sc2c1CCCC2. The number of ether oxygens (including phenoxy) is 1. The van der Waals surface area contributed by atoms with Gasteiger partial charge in [0.1, 0.15) is 5.00 Å². The van der Waals surface area contributed by atoms with Gasteiger partial charge < -0.3 is 10.1 Å². The molecule has 0 radical (unpaired) electrons. The van der Waals surface area contributed by atoms with Gasteiger partial charge in [0.25, 0.3) is 5.91 Å². The summed E-state index contributed by atoms with van der Waals surface area (Å²) >= 11 is 1.45. The molecule has 0 atom stereocenters. The van der Waals surface area contributed by atoms with Crippen molar-refractivity contribution in [3.05, 3.63) is 51.4 Å². The highest BCUT2D eigenvalue weighted by Crippen LogP contribution is 2.38. The molecule has 1 aliphatic heterocycles. The maximum absolute atomic E-state index is 12.9. The van der Waals surface area contributed by atoms with Crippen molar-refractivity contribution in [3.63, 3.8) is 0 Å². The third-order valence-corrected chi connectivity index (χ3v) is 8.96. The molecule has 1 aliphatic carbocycles. The Morgan fingerprint density at radius 1 is 1.06 bits per heavy atom. The zero-order chi connectivity index (χ0) is 22.7. The monoisotopic (exact) mass is 476 g/mol. The van der Waals surface area contributed by atoms with Gasteiger partial charge in [-0.15, -0.1) is 11.3 Å². The molecule has 9 heteroatoms. The number of benzene rings is 1. The number of hydrogen-bond donors (Lipinski definition) is 1. The van der Waals surface area contributed by atoms with Gasteiger partial charge >= 0.3 is 5.97 Å². The van der Waals surface area contributed by atoms with E-state index < -0.39 is 16.0 Å². The van der Waals surface area contributed by atoms with Crippen LogP contribution in [0.1, 0.15) is 69.3 Å². The van der Waals surface area contributed by atoms with Gasteiger partial charge in [-0.2, -0.15) is 0 Å². The van der Waals surface area contributed by atoms with E-state index in [1.165, 1.54) is 15.6 Å². The van der Waals surface area contributed by atoms with Crippen LogP contribution in [-0.4, -0.2) is 44.3 Å². The zero-order valence-corrected chi connectivity index (χ0v) is 19.8. The molecule has 0 spiro atoms. The van der Waals surface area contributed by atoms with Crippen molar-refractivity contribution in [2.45, 2.75) is 51.2 Å². The molecule has 1 amide bonds. The Bertz CT molecular complexity index is 1100. The first-order chi connectivity index (χ1) is 15.4. The van der Waals surface area contributed by atoms with Crippen molar-refractivity contribution in [2.75, 3.05) is 25.0 Å². The number of sulfonamides is 1. The summed E-state index contributed by atoms with van der Waals surface area (Å²) < 4.78 is 31.8. The van der Waals surface area contributed by atoms with Crippen LogP contribution in [0.25, 0.3) is 0 Å². The quantitative estimate of drug-likeness (QED) is 0.610. The van der Waals surface area contributed by atoms with Gasteiger partial charge in [-0.25, -0.2) is 17.5 Å². The molecule has 1 N–H and O–H groups in total. The van der Waals surface area contributed by atoms with Crippen LogP contribution in [0.15, 0.2) is 24.3 Å². The summed E-state index contributed by atoms with van der Waals surface area (Å²) in [4.78, 5) is 26.6. The molecule has 4 rings (SSSR count). The van der Waals surface area contributed by atoms with Gasteiger partial charge in [0.2, 0.25) is 10.0 Å². The summed E-state index contributed by atoms with van der Waals surface area (Å²) in [6.45, 7) is 3.20. The number of rotatable bonds is 7. The van der Waals surface area contributed by atoms with Crippen molar-refractivity contribution in [1.29, 1.82) is 0 Å². The third-order valence-electron chi connectivity index (χ3n) is 5.90. The van der Waals surface area contributed by atoms with Gasteiger partial charge in [0, 0.05) is 23.5 Å². The topological polar surface area (TPSA) is 92.8 Å². The van der Waals surface area contributed by atoms with E-state index >= 15 is 0 Å². The van der Waals surface area contributed by atoms with E-state index in [9.17, 15) is 18.0 Å². The molecular weight excluding hydrogens is 448 g/mol. The second kappa shape index (κ2) is 9.72. The van der Waals surface area contributed by atoms with Gasteiger partial charge in [-0.1, -0.05) is 12.1 Å². The van der Waals surface area contributed by atoms with E-state index in [1.54, 1.807) is 31.2 Å². The molecule has 1 aromatic heterocycles. The molecule has 2 aliphatic rings. The largest absolute Gasteiger partial charge is 0.462 e. The lowest BCUT2D eigenvalue weighted by Crippen LogP contribution is -2.29. The van der Waals surface area contributed by atoms with Crippen molar-refractivity contribution in [1.82, 2.24) is 4.31 Å². The molecule has 1 fully saturated rings. The second-order valence-electron chi connectivity index (χ2n) is 8.15. The average molecular weight is 477 g/mol. The molecule has 172 valence electrons. The van der Waals surface area contributed by atoms with Gasteiger partial charge in [-0.3, -0.25) is 4.79 Å². The average Bonchev–Trinajstić information content (AvgIpc) is 3.42. The van der Waals surface area contributed by atoms with Crippen molar-refractivity contribution in [3.8, 4) is 0 Å². The summed E-state index contributed by atoms with van der Waals surface area (Å²) in [5.74, 6) is -0.799. The Morgan fingerprint density at radius 3 is 2.44 bits per heavy atom. The highest BCUT2D eigenvalue weighted by Gasteiger charge is 2.28. The minimum absolute atomic E-state index is 0.0699. The number of nitrogens with one attached hydrogen (secondary N) is 1. The molecule has 7 nitrogen and oxygen atoms in total. The number of nitrogens with zero attached hydrogens (tertiary/aromatic N) is 1. The maximum Gasteiger partial charge on any atom is 0.341 e. The number of fused-ring (bicyclic) bond motifs is 1. The predicted molar refractivity (Wildman–Crippen MR) is 125 cm³/mol. The summed E-state index contributed by atoms with van der Waals surface area (Å²) in [6.07, 6.45) is 5.62. The number of thiophene rings is 1. The van der Waals surface area contributed by atoms with Crippen LogP contribution < -0.4 is 5.32 Å². The van der Waals surface area contributed by atoms with Crippen LogP contribution in [0.5, 0.6) is 0 Å². The van der Waals surface area contributed by atoms with Crippen molar-refractivity contribution >= 4 is 38.2 Å². The molecule has 2 aromatic rings. The normalized spacial score (nSPS) is 16.5. The fraction of sp³-hybridized carbons (Fsp3) is 0.478. The van der Waals surface area contributed by atoms with Crippen LogP contribution in [0.2, 0.25) is 0 Å². The minimum Gasteiger partial charge on any atom is -0.462 e. The minimum atomic E-state index is -3.33. The summed E-state index contributed by atoms with van der Waals surface area (Å²) in [5.41, 5.74) is 2.53. The number of amides is 1. The highest BCUT2D eigenvalue weighted by molar-refractivity contribution is 7.88. The zero-order valence-electron chi connectivity index (χ0n) is 18.2. The van der Waals surface area contributed by atoms with E-state index in [4.69, 9.17) is 4.74 Å². The highest BCUT2D eigenvalue weighted by atomic mass is 32.2. The van der Waals surface area contributed by atoms with Crippen LogP contribution in [0, 0.1) is 0 Å². The molecule has 2 heterocycles. The van der Waals surface area contributed by atoms with Crippen LogP contribution >= 0.6 is 11.3 Å². The lowest BCUT2D eigenvalue weighted by atomic mass is 9.95. The van der Waals surface area contributed by atoms with Gasteiger partial charge in [-0.05, 0) is 68.7 Å². The fourth-order valence-corrected chi connectivity index (χ4v) is 7.15. The van der Waals surface area contributed by atoms with Crippen molar-refractivity contribution in [2.24, 2.45) is 0 Å². The molecule has 32 heavy (non-hydrogen) atoms. The van der Waals surface area contributed by atoms with E-state index in [0.29, 0.717) is 34.8 Å². The van der Waals surface area contributed by atoms with Crippen LogP contribution in [0.3, 0.4) is 0 Å². The first-order valence-electron chi connectivity index (χ1n) is 11.1. The third kappa shape index (κ3) is 4.89. The summed E-state index contributed by atoms with van der Waals surface area (Å²) in [7, 11) is -3.33. The smallest absolute Gasteiger partial charge is 0.341 e. The first-order valence-corrected chi connectivity index (χ1v) is 13.5. The van der Waals surface area contributed by atoms with E-state index in [-0.39, 0.29) is 18.3 Å². The lowest BCUT2D eigenvalue weighted by Gasteiger charge is -2.15. The number of carbonyl (C=O) groups excluding carboxylic acids is 2. The number of hydrogen-bond acceptors (Lipinski definition) is 6. The van der Waals surface area contributed by atoms with Crippen molar-refractivity contribution < 1.29 is 22.7 Å². The maximum atomic E-state index is 12.9. The van der Waals surface area contributed by atoms with Crippen LogP contribution in [-0.2, 0) is 33.4 Å². The molecule has 0 saturated carbocycles. The van der Waals surface area contributed by atoms with Gasteiger partial charge in [0.15, 0.2) is 0 Å². The molecule has 0 unspecified atom stereocenters. The predicted octanol–water partition coefficient (Wildman–Crippen LogP) is 3.98. The molecular formula is C23H28N2O5S2. The summed E-state index contributed by atoms with van der Waals surface area (Å²) in [6, 6.07) is 6.60. The van der Waals surface area contributed by atoms with Crippen LogP contribution in [0.4, 0.5) is 5.00 Å². The Morgan fingerprint density at radius 2 is 1.75 bits per heavy atom. The second-order valence-corrected chi connectivity index (χ2v) is 11.2. The van der Waals surface area contributed by atoms with E-state index in [1.807, 2.05) is 0 Å². The Labute approximate surface area is 192 Å². The van der Waals surface area contributed by atoms with Gasteiger partial charge in [0.05, 0.1) is 17.9 Å². The Kier molecular flexibility index (Phi) is 6.97. The summed E-state index contributed by atoms with van der Waals surface area (Å²) in [5, 5.41) is 3.42. The molecule has 0 bridgehead atoms. The number of anilines is 1. The Hall–Kier alpha value is -2.23. The first kappa shape index (κ1) is 22.9. The molecule has 1 aromatic carbocycles. The number of carbonyl (C=O) groups is 2. The number of esters is 1. The fourth-order valence-electron chi connectivity index (χ4n) is 4.27. The lowest BCUT2D eigenvalue weighted by molar-refractivity contribution is 0.0526. The Balaban J connectivity index is 1.49. The molecule has 1 saturated heterocycles. The van der Waals surface area contributed by atoms with E-state index in [2.05, 4.69) is 5.32 Å². The van der Waals surface area contributed by atoms with E-state index in [0.717, 1.165) is 49.0 Å². The number of aryl methyl sites for hydroxylation is 1.